The summed E-state index contributed by atoms with van der Waals surface area (Å²) in [5.74, 6) is 1.37. The molecule has 0 atom stereocenters. The molecule has 6 heteroatoms. The Hall–Kier alpha value is -4.58. The van der Waals surface area contributed by atoms with Gasteiger partial charge in [-0.25, -0.2) is 0 Å². The average molecular weight is 649 g/mol. The number of hydrogen-bond donors (Lipinski definition) is 0. The first kappa shape index (κ1) is 36.3. The van der Waals surface area contributed by atoms with Crippen LogP contribution in [-0.4, -0.2) is 47.9 Å². The summed E-state index contributed by atoms with van der Waals surface area (Å²) in [6.07, 6.45) is 9.16. The Labute approximate surface area is 287 Å². The van der Waals surface area contributed by atoms with E-state index in [1.807, 2.05) is 119 Å². The highest BCUT2D eigenvalue weighted by Gasteiger charge is 2.21. The largest absolute Gasteiger partial charge is 0.494 e. The lowest BCUT2D eigenvalue weighted by molar-refractivity contribution is 0.0644. The van der Waals surface area contributed by atoms with E-state index in [0.29, 0.717) is 50.5 Å². The molecule has 254 valence electrons. The average Bonchev–Trinajstić information content (AvgIpc) is 3.13. The Bertz CT molecular complexity index is 1360. The van der Waals surface area contributed by atoms with Crippen LogP contribution >= 0.6 is 0 Å². The lowest BCUT2D eigenvalue weighted by Crippen LogP contribution is -2.40. The molecular formula is C42H52N2O4. The minimum atomic E-state index is -0.0825. The number of nitrogens with zero attached hydrogens (tertiary/aromatic N) is 2. The molecule has 0 saturated heterocycles. The smallest absolute Gasteiger partial charge is 0.254 e. The first-order chi connectivity index (χ1) is 23.6. The number of rotatable bonds is 21. The Morgan fingerprint density at radius 1 is 0.479 bits per heavy atom. The Morgan fingerprint density at radius 2 is 0.854 bits per heavy atom. The third-order valence-electron chi connectivity index (χ3n) is 8.38. The molecular weight excluding hydrogens is 596 g/mol. The van der Waals surface area contributed by atoms with Crippen molar-refractivity contribution in [2.75, 3.05) is 26.3 Å². The van der Waals surface area contributed by atoms with Crippen LogP contribution in [-0.2, 0) is 13.1 Å². The molecule has 0 spiro atoms. The fourth-order valence-electron chi connectivity index (χ4n) is 5.54. The quantitative estimate of drug-likeness (QED) is 0.0845. The van der Waals surface area contributed by atoms with Crippen molar-refractivity contribution in [1.82, 2.24) is 9.80 Å². The number of carbonyl (C=O) groups is 2. The maximum Gasteiger partial charge on any atom is 0.254 e. The molecule has 0 heterocycles. The molecule has 0 aliphatic carbocycles. The molecule has 0 saturated carbocycles. The molecule has 0 aromatic heterocycles. The molecule has 0 unspecified atom stereocenters. The van der Waals surface area contributed by atoms with Gasteiger partial charge >= 0.3 is 0 Å². The molecule has 0 N–H and O–H groups in total. The minimum Gasteiger partial charge on any atom is -0.494 e. The highest BCUT2D eigenvalue weighted by molar-refractivity contribution is 5.95. The van der Waals surface area contributed by atoms with Gasteiger partial charge in [0.15, 0.2) is 0 Å². The zero-order valence-corrected chi connectivity index (χ0v) is 28.8. The van der Waals surface area contributed by atoms with Crippen molar-refractivity contribution in [2.45, 2.75) is 78.3 Å². The normalized spacial score (nSPS) is 10.8. The van der Waals surface area contributed by atoms with Gasteiger partial charge in [-0.15, -0.1) is 0 Å². The predicted molar refractivity (Wildman–Crippen MR) is 195 cm³/mol. The number of amides is 2. The highest BCUT2D eigenvalue weighted by Crippen LogP contribution is 2.19. The summed E-state index contributed by atoms with van der Waals surface area (Å²) in [7, 11) is 0. The lowest BCUT2D eigenvalue weighted by atomic mass is 10.1. The number of ether oxygens (including phenoxy) is 2. The van der Waals surface area contributed by atoms with E-state index in [4.69, 9.17) is 9.47 Å². The van der Waals surface area contributed by atoms with Gasteiger partial charge in [0, 0.05) is 37.3 Å². The molecule has 0 aliphatic heterocycles. The van der Waals surface area contributed by atoms with Crippen LogP contribution in [0.25, 0.3) is 0 Å². The van der Waals surface area contributed by atoms with Gasteiger partial charge in [0.1, 0.15) is 11.5 Å². The van der Waals surface area contributed by atoms with Crippen molar-refractivity contribution in [1.29, 1.82) is 0 Å². The fourth-order valence-corrected chi connectivity index (χ4v) is 5.54. The topological polar surface area (TPSA) is 59.1 Å². The maximum atomic E-state index is 14.0. The monoisotopic (exact) mass is 648 g/mol. The molecule has 0 fully saturated rings. The predicted octanol–water partition coefficient (Wildman–Crippen LogP) is 9.59. The van der Waals surface area contributed by atoms with Gasteiger partial charge in [0.2, 0.25) is 0 Å². The number of hydrogen-bond acceptors (Lipinski definition) is 4. The summed E-state index contributed by atoms with van der Waals surface area (Å²) in [6.45, 7) is 7.37. The third-order valence-corrected chi connectivity index (χ3v) is 8.38. The van der Waals surface area contributed by atoms with Gasteiger partial charge < -0.3 is 19.3 Å². The van der Waals surface area contributed by atoms with Crippen molar-refractivity contribution in [3.05, 3.63) is 131 Å². The van der Waals surface area contributed by atoms with Gasteiger partial charge in [-0.3, -0.25) is 9.59 Å². The molecule has 6 nitrogen and oxygen atoms in total. The van der Waals surface area contributed by atoms with Crippen LogP contribution in [0, 0.1) is 0 Å². The number of carbonyl (C=O) groups excluding carboxylic acids is 2. The Kier molecular flexibility index (Phi) is 15.6. The van der Waals surface area contributed by atoms with Crippen LogP contribution in [0.3, 0.4) is 0 Å². The van der Waals surface area contributed by atoms with Crippen LogP contribution in [0.15, 0.2) is 109 Å². The highest BCUT2D eigenvalue weighted by atomic mass is 16.5. The van der Waals surface area contributed by atoms with E-state index >= 15 is 0 Å². The summed E-state index contributed by atoms with van der Waals surface area (Å²) in [5, 5.41) is 0. The summed E-state index contributed by atoms with van der Waals surface area (Å²) in [5.41, 5.74) is 3.25. The van der Waals surface area contributed by atoms with Crippen LogP contribution < -0.4 is 9.47 Å². The second-order valence-electron chi connectivity index (χ2n) is 12.3. The van der Waals surface area contributed by atoms with Gasteiger partial charge in [0.25, 0.3) is 11.8 Å². The first-order valence-electron chi connectivity index (χ1n) is 17.7. The van der Waals surface area contributed by atoms with Crippen molar-refractivity contribution >= 4 is 11.8 Å². The van der Waals surface area contributed by atoms with Crippen molar-refractivity contribution in [2.24, 2.45) is 0 Å². The molecule has 2 amide bonds. The van der Waals surface area contributed by atoms with Crippen LogP contribution in [0.1, 0.15) is 97.1 Å². The number of unbranched alkanes of at least 4 members (excludes halogenated alkanes) is 6. The van der Waals surface area contributed by atoms with E-state index in [2.05, 4.69) is 13.8 Å². The fraction of sp³-hybridized carbons (Fsp3) is 0.381. The third kappa shape index (κ3) is 12.2. The summed E-state index contributed by atoms with van der Waals surface area (Å²) in [4.78, 5) is 31.6. The van der Waals surface area contributed by atoms with Crippen LogP contribution in [0.2, 0.25) is 0 Å². The summed E-state index contributed by atoms with van der Waals surface area (Å²) in [6, 6.07) is 34.8. The maximum absolute atomic E-state index is 14.0. The SMILES string of the molecule is CCCCCCOc1ccc(C(=O)N(CCN(Cc2ccccc2)C(=O)c2ccc(OCCCCCC)cc2)Cc2ccccc2)cc1. The Balaban J connectivity index is 1.47. The van der Waals surface area contributed by atoms with E-state index in [0.717, 1.165) is 48.3 Å². The van der Waals surface area contributed by atoms with Gasteiger partial charge in [-0.2, -0.15) is 0 Å². The molecule has 0 radical (unpaired) electrons. The van der Waals surface area contributed by atoms with Crippen molar-refractivity contribution in [3.8, 4) is 11.5 Å². The first-order valence-corrected chi connectivity index (χ1v) is 17.7. The molecule has 4 aromatic rings. The molecule has 4 rings (SSSR count). The van der Waals surface area contributed by atoms with Gasteiger partial charge in [0.05, 0.1) is 13.2 Å². The second-order valence-corrected chi connectivity index (χ2v) is 12.3. The summed E-state index contributed by atoms with van der Waals surface area (Å²) < 4.78 is 11.8. The lowest BCUT2D eigenvalue weighted by Gasteiger charge is -2.29. The molecule has 48 heavy (non-hydrogen) atoms. The van der Waals surface area contributed by atoms with Crippen LogP contribution in [0.5, 0.6) is 11.5 Å². The second kappa shape index (κ2) is 20.6. The van der Waals surface area contributed by atoms with Gasteiger partial charge in [-0.05, 0) is 72.5 Å². The van der Waals surface area contributed by atoms with E-state index in [-0.39, 0.29) is 11.8 Å². The van der Waals surface area contributed by atoms with E-state index in [1.54, 1.807) is 0 Å². The van der Waals surface area contributed by atoms with E-state index in [1.165, 1.54) is 25.7 Å². The standard InChI is InChI=1S/C42H52N2O4/c1-3-5-7-15-31-47-39-25-21-37(22-26-39)41(45)43(33-35-17-11-9-12-18-35)29-30-44(34-36-19-13-10-14-20-36)42(46)38-23-27-40(28-24-38)48-32-16-8-6-4-2/h9-14,17-28H,3-8,15-16,29-34H2,1-2H3. The van der Waals surface area contributed by atoms with Gasteiger partial charge in [-0.1, -0.05) is 113 Å². The van der Waals surface area contributed by atoms with Crippen molar-refractivity contribution < 1.29 is 19.1 Å². The zero-order chi connectivity index (χ0) is 33.8. The molecule has 0 aliphatic rings. The molecule has 0 bridgehead atoms. The van der Waals surface area contributed by atoms with Crippen molar-refractivity contribution in [3.63, 3.8) is 0 Å². The minimum absolute atomic E-state index is 0.0825. The molecule has 4 aromatic carbocycles. The van der Waals surface area contributed by atoms with E-state index in [9.17, 15) is 9.59 Å². The Morgan fingerprint density at radius 3 is 1.21 bits per heavy atom. The van der Waals surface area contributed by atoms with E-state index < -0.39 is 0 Å². The summed E-state index contributed by atoms with van der Waals surface area (Å²) >= 11 is 0. The van der Waals surface area contributed by atoms with Crippen LogP contribution in [0.4, 0.5) is 0 Å². The zero-order valence-electron chi connectivity index (χ0n) is 28.8. The number of benzene rings is 4.